The Morgan fingerprint density at radius 1 is 1.13 bits per heavy atom. The van der Waals surface area contributed by atoms with Crippen LogP contribution < -0.4 is 4.90 Å². The number of aromatic nitrogens is 2. The SMILES string of the molecule is O=C(O)c1cccc(Cl)c1CN1CCN(c2ncccn2)CC1. The van der Waals surface area contributed by atoms with Gasteiger partial charge in [-0.15, -0.1) is 0 Å². The maximum absolute atomic E-state index is 11.4. The summed E-state index contributed by atoms with van der Waals surface area (Å²) in [5, 5.41) is 9.81. The summed E-state index contributed by atoms with van der Waals surface area (Å²) in [6.45, 7) is 3.75. The molecule has 1 saturated heterocycles. The molecule has 0 saturated carbocycles. The minimum absolute atomic E-state index is 0.270. The van der Waals surface area contributed by atoms with E-state index < -0.39 is 5.97 Å². The van der Waals surface area contributed by atoms with Crippen LogP contribution in [0.2, 0.25) is 5.02 Å². The number of anilines is 1. The smallest absolute Gasteiger partial charge is 0.336 e. The quantitative estimate of drug-likeness (QED) is 0.925. The number of hydrogen-bond acceptors (Lipinski definition) is 5. The van der Waals surface area contributed by atoms with Crippen molar-refractivity contribution in [3.8, 4) is 0 Å². The van der Waals surface area contributed by atoms with Crippen molar-refractivity contribution in [1.29, 1.82) is 0 Å². The molecule has 0 unspecified atom stereocenters. The van der Waals surface area contributed by atoms with Gasteiger partial charge in [-0.25, -0.2) is 14.8 Å². The first-order valence-electron chi connectivity index (χ1n) is 7.40. The van der Waals surface area contributed by atoms with E-state index in [0.717, 1.165) is 32.1 Å². The number of hydrogen-bond donors (Lipinski definition) is 1. The molecule has 0 bridgehead atoms. The molecular weight excluding hydrogens is 316 g/mol. The molecule has 0 spiro atoms. The highest BCUT2D eigenvalue weighted by Crippen LogP contribution is 2.23. The van der Waals surface area contributed by atoms with Gasteiger partial charge in [0.05, 0.1) is 5.56 Å². The predicted octanol–water partition coefficient (Wildman–Crippen LogP) is 2.15. The van der Waals surface area contributed by atoms with Crippen LogP contribution in [0.15, 0.2) is 36.7 Å². The third-order valence-corrected chi connectivity index (χ3v) is 4.29. The van der Waals surface area contributed by atoms with Gasteiger partial charge < -0.3 is 10.0 Å². The van der Waals surface area contributed by atoms with E-state index in [4.69, 9.17) is 11.6 Å². The van der Waals surface area contributed by atoms with Crippen LogP contribution in [-0.2, 0) is 6.54 Å². The number of halogens is 1. The number of nitrogens with zero attached hydrogens (tertiary/aromatic N) is 4. The molecule has 1 fully saturated rings. The average molecular weight is 333 g/mol. The van der Waals surface area contributed by atoms with Gasteiger partial charge in [-0.3, -0.25) is 4.90 Å². The van der Waals surface area contributed by atoms with Crippen LogP contribution >= 0.6 is 11.6 Å². The van der Waals surface area contributed by atoms with Crippen molar-refractivity contribution in [2.75, 3.05) is 31.1 Å². The zero-order valence-electron chi connectivity index (χ0n) is 12.5. The fourth-order valence-electron chi connectivity index (χ4n) is 2.70. The number of benzene rings is 1. The highest BCUT2D eigenvalue weighted by atomic mass is 35.5. The van der Waals surface area contributed by atoms with Crippen molar-refractivity contribution in [1.82, 2.24) is 14.9 Å². The van der Waals surface area contributed by atoms with Gasteiger partial charge in [0.2, 0.25) is 5.95 Å². The van der Waals surface area contributed by atoms with Gasteiger partial charge in [0.1, 0.15) is 0 Å². The first-order chi connectivity index (χ1) is 11.1. The van der Waals surface area contributed by atoms with Gasteiger partial charge in [0, 0.05) is 50.1 Å². The fourth-order valence-corrected chi connectivity index (χ4v) is 2.94. The Morgan fingerprint density at radius 2 is 1.83 bits per heavy atom. The van der Waals surface area contributed by atoms with Crippen LogP contribution in [0.25, 0.3) is 0 Å². The Kier molecular flexibility index (Phi) is 4.73. The van der Waals surface area contributed by atoms with E-state index in [1.54, 1.807) is 36.7 Å². The minimum atomic E-state index is -0.946. The van der Waals surface area contributed by atoms with E-state index in [0.29, 0.717) is 17.1 Å². The third kappa shape index (κ3) is 3.60. The molecule has 3 rings (SSSR count). The summed E-state index contributed by atoms with van der Waals surface area (Å²) in [4.78, 5) is 24.2. The van der Waals surface area contributed by atoms with Gasteiger partial charge in [-0.05, 0) is 23.8 Å². The van der Waals surface area contributed by atoms with Crippen molar-refractivity contribution in [2.45, 2.75) is 6.54 Å². The largest absolute Gasteiger partial charge is 0.478 e. The third-order valence-electron chi connectivity index (χ3n) is 3.94. The Balaban J connectivity index is 1.67. The van der Waals surface area contributed by atoms with Crippen molar-refractivity contribution in [2.24, 2.45) is 0 Å². The van der Waals surface area contributed by atoms with Crippen molar-refractivity contribution in [3.63, 3.8) is 0 Å². The van der Waals surface area contributed by atoms with Crippen LogP contribution in [-0.4, -0.2) is 52.1 Å². The first-order valence-corrected chi connectivity index (χ1v) is 7.78. The van der Waals surface area contributed by atoms with Gasteiger partial charge in [-0.2, -0.15) is 0 Å². The molecular formula is C16H17ClN4O2. The number of piperazine rings is 1. The zero-order valence-corrected chi connectivity index (χ0v) is 13.3. The second kappa shape index (κ2) is 6.93. The monoisotopic (exact) mass is 332 g/mol. The fraction of sp³-hybridized carbons (Fsp3) is 0.312. The number of rotatable bonds is 4. The summed E-state index contributed by atoms with van der Waals surface area (Å²) in [7, 11) is 0. The van der Waals surface area contributed by atoms with E-state index in [9.17, 15) is 9.90 Å². The Morgan fingerprint density at radius 3 is 2.48 bits per heavy atom. The molecule has 1 aliphatic heterocycles. The zero-order chi connectivity index (χ0) is 16.2. The van der Waals surface area contributed by atoms with Crippen LogP contribution in [0.4, 0.5) is 5.95 Å². The standard InChI is InChI=1S/C16H17ClN4O2/c17-14-4-1-3-12(15(22)23)13(14)11-20-7-9-21(10-8-20)16-18-5-2-6-19-16/h1-6H,7-11H2,(H,22,23). The highest BCUT2D eigenvalue weighted by Gasteiger charge is 2.21. The molecule has 1 aromatic heterocycles. The van der Waals surface area contributed by atoms with Crippen LogP contribution in [0.5, 0.6) is 0 Å². The van der Waals surface area contributed by atoms with Gasteiger partial charge >= 0.3 is 5.97 Å². The predicted molar refractivity (Wildman–Crippen MR) is 87.9 cm³/mol. The summed E-state index contributed by atoms with van der Waals surface area (Å²) in [6, 6.07) is 6.79. The Labute approximate surface area is 139 Å². The number of carboxylic acids is 1. The summed E-state index contributed by atoms with van der Waals surface area (Å²) in [6.07, 6.45) is 3.47. The number of carboxylic acid groups (broad SMARTS) is 1. The first kappa shape index (κ1) is 15.7. The molecule has 7 heteroatoms. The molecule has 1 N–H and O–H groups in total. The van der Waals surface area contributed by atoms with Crippen LogP contribution in [0.1, 0.15) is 15.9 Å². The maximum Gasteiger partial charge on any atom is 0.336 e. The second-order valence-corrected chi connectivity index (χ2v) is 5.79. The van der Waals surface area contributed by atoms with Crippen molar-refractivity contribution < 1.29 is 9.90 Å². The maximum atomic E-state index is 11.4. The van der Waals surface area contributed by atoms with E-state index >= 15 is 0 Å². The van der Waals surface area contributed by atoms with Gasteiger partial charge in [-0.1, -0.05) is 17.7 Å². The van der Waals surface area contributed by atoms with E-state index in [-0.39, 0.29) is 5.56 Å². The molecule has 1 aliphatic rings. The van der Waals surface area contributed by atoms with E-state index in [1.165, 1.54) is 0 Å². The lowest BCUT2D eigenvalue weighted by Gasteiger charge is -2.35. The average Bonchev–Trinajstić information content (AvgIpc) is 2.58. The summed E-state index contributed by atoms with van der Waals surface area (Å²) in [5.41, 5.74) is 0.942. The molecule has 120 valence electrons. The van der Waals surface area contributed by atoms with Crippen molar-refractivity contribution >= 4 is 23.5 Å². The summed E-state index contributed by atoms with van der Waals surface area (Å²) >= 11 is 6.20. The topological polar surface area (TPSA) is 69.6 Å². The van der Waals surface area contributed by atoms with E-state index in [2.05, 4.69) is 19.8 Å². The molecule has 0 atom stereocenters. The summed E-state index contributed by atoms with van der Waals surface area (Å²) < 4.78 is 0. The molecule has 2 heterocycles. The lowest BCUT2D eigenvalue weighted by Crippen LogP contribution is -2.46. The summed E-state index contributed by atoms with van der Waals surface area (Å²) in [5.74, 6) is -0.213. The van der Waals surface area contributed by atoms with Crippen LogP contribution in [0.3, 0.4) is 0 Å². The highest BCUT2D eigenvalue weighted by molar-refractivity contribution is 6.31. The van der Waals surface area contributed by atoms with Gasteiger partial charge in [0.25, 0.3) is 0 Å². The molecule has 6 nitrogen and oxygen atoms in total. The van der Waals surface area contributed by atoms with Crippen molar-refractivity contribution in [3.05, 3.63) is 52.8 Å². The van der Waals surface area contributed by atoms with Crippen LogP contribution in [0, 0.1) is 0 Å². The number of carbonyl (C=O) groups is 1. The molecule has 2 aromatic rings. The molecule has 0 radical (unpaired) electrons. The molecule has 1 aromatic carbocycles. The molecule has 0 amide bonds. The number of aromatic carboxylic acids is 1. The van der Waals surface area contributed by atoms with Gasteiger partial charge in [0.15, 0.2) is 0 Å². The lowest BCUT2D eigenvalue weighted by atomic mass is 10.1. The Hall–Kier alpha value is -2.18. The molecule has 23 heavy (non-hydrogen) atoms. The van der Waals surface area contributed by atoms with E-state index in [1.807, 2.05) is 0 Å². The normalized spacial score (nSPS) is 15.6. The molecule has 0 aliphatic carbocycles. The minimum Gasteiger partial charge on any atom is -0.478 e. The lowest BCUT2D eigenvalue weighted by molar-refractivity contribution is 0.0694. The second-order valence-electron chi connectivity index (χ2n) is 5.38. The Bertz CT molecular complexity index is 688.